The summed E-state index contributed by atoms with van der Waals surface area (Å²) in [5, 5.41) is 3.05. The quantitative estimate of drug-likeness (QED) is 0.545. The Morgan fingerprint density at radius 3 is 2.30 bits per heavy atom. The van der Waals surface area contributed by atoms with Gasteiger partial charge >= 0.3 is 0 Å². The number of nitrogens with zero attached hydrogens (tertiary/aromatic N) is 1. The molecule has 0 radical (unpaired) electrons. The van der Waals surface area contributed by atoms with Crippen molar-refractivity contribution in [3.63, 3.8) is 0 Å². The molecule has 2 amide bonds. The van der Waals surface area contributed by atoms with Crippen LogP contribution in [0.25, 0.3) is 0 Å². The smallest absolute Gasteiger partial charge is 0.242 e. The third-order valence-electron chi connectivity index (χ3n) is 7.02. The molecule has 0 unspecified atom stereocenters. The molecular weight excluding hydrogens is 404 g/mol. The molecule has 2 atom stereocenters. The van der Waals surface area contributed by atoms with Crippen LogP contribution in [-0.2, 0) is 19.6 Å². The fourth-order valence-electron chi connectivity index (χ4n) is 5.28. The molecule has 30 heavy (non-hydrogen) atoms. The fourth-order valence-corrected chi connectivity index (χ4v) is 6.04. The van der Waals surface area contributed by atoms with Gasteiger partial charge in [0.2, 0.25) is 21.8 Å². The summed E-state index contributed by atoms with van der Waals surface area (Å²) in [6, 6.07) is -0.997. The SMILES string of the molecule is CS(=O)(=O)N[C@@H](C(=O)N1CCC[C@H]1C(=O)NCC1CCC(N)CC1)C1CCCCC1. The number of hydrogen-bond donors (Lipinski definition) is 3. The van der Waals surface area contributed by atoms with Crippen molar-refractivity contribution in [3.05, 3.63) is 0 Å². The van der Waals surface area contributed by atoms with Gasteiger partial charge in [-0.2, -0.15) is 0 Å². The first-order valence-corrected chi connectivity index (χ1v) is 13.4. The molecule has 4 N–H and O–H groups in total. The zero-order valence-electron chi connectivity index (χ0n) is 18.1. The fraction of sp³-hybridized carbons (Fsp3) is 0.905. The lowest BCUT2D eigenvalue weighted by Gasteiger charge is -2.34. The van der Waals surface area contributed by atoms with Gasteiger partial charge in [0.1, 0.15) is 12.1 Å². The van der Waals surface area contributed by atoms with Crippen molar-refractivity contribution in [2.24, 2.45) is 17.6 Å². The molecule has 1 saturated heterocycles. The summed E-state index contributed by atoms with van der Waals surface area (Å²) in [7, 11) is -3.52. The third-order valence-corrected chi connectivity index (χ3v) is 7.71. The number of sulfonamides is 1. The Kier molecular flexibility index (Phi) is 8.15. The summed E-state index contributed by atoms with van der Waals surface area (Å²) in [5.74, 6) is 0.0870. The molecule has 0 bridgehead atoms. The van der Waals surface area contributed by atoms with Gasteiger partial charge in [0.25, 0.3) is 0 Å². The van der Waals surface area contributed by atoms with Crippen molar-refractivity contribution >= 4 is 21.8 Å². The van der Waals surface area contributed by atoms with E-state index in [1.165, 1.54) is 0 Å². The first-order chi connectivity index (χ1) is 14.2. The summed E-state index contributed by atoms with van der Waals surface area (Å²) in [4.78, 5) is 27.9. The largest absolute Gasteiger partial charge is 0.354 e. The number of carbonyl (C=O) groups excluding carboxylic acids is 2. The second-order valence-corrected chi connectivity index (χ2v) is 11.3. The Labute approximate surface area is 180 Å². The minimum absolute atomic E-state index is 0.00302. The normalized spacial score (nSPS) is 29.5. The van der Waals surface area contributed by atoms with Crippen molar-refractivity contribution in [2.45, 2.75) is 88.8 Å². The Morgan fingerprint density at radius 1 is 1.00 bits per heavy atom. The van der Waals surface area contributed by atoms with E-state index in [1.807, 2.05) is 0 Å². The Hall–Kier alpha value is -1.19. The summed E-state index contributed by atoms with van der Waals surface area (Å²) < 4.78 is 26.5. The van der Waals surface area contributed by atoms with Crippen molar-refractivity contribution < 1.29 is 18.0 Å². The summed E-state index contributed by atoms with van der Waals surface area (Å²) in [5.41, 5.74) is 5.96. The minimum Gasteiger partial charge on any atom is -0.354 e. The highest BCUT2D eigenvalue weighted by Gasteiger charge is 2.41. The highest BCUT2D eigenvalue weighted by molar-refractivity contribution is 7.88. The first-order valence-electron chi connectivity index (χ1n) is 11.6. The molecule has 2 saturated carbocycles. The number of amides is 2. The molecule has 9 heteroatoms. The number of nitrogens with two attached hydrogens (primary N) is 1. The molecule has 0 spiro atoms. The summed E-state index contributed by atoms with van der Waals surface area (Å²) in [6.45, 7) is 1.13. The lowest BCUT2D eigenvalue weighted by molar-refractivity contribution is -0.141. The highest BCUT2D eigenvalue weighted by atomic mass is 32.2. The maximum atomic E-state index is 13.4. The van der Waals surface area contributed by atoms with Crippen LogP contribution >= 0.6 is 0 Å². The van der Waals surface area contributed by atoms with Crippen LogP contribution in [0.4, 0.5) is 0 Å². The monoisotopic (exact) mass is 442 g/mol. The second-order valence-electron chi connectivity index (χ2n) is 9.48. The van der Waals surface area contributed by atoms with E-state index in [1.54, 1.807) is 4.90 Å². The van der Waals surface area contributed by atoms with Gasteiger partial charge in [-0.3, -0.25) is 9.59 Å². The molecule has 8 nitrogen and oxygen atoms in total. The van der Waals surface area contributed by atoms with E-state index in [9.17, 15) is 18.0 Å². The average molecular weight is 443 g/mol. The van der Waals surface area contributed by atoms with Gasteiger partial charge in [-0.15, -0.1) is 0 Å². The summed E-state index contributed by atoms with van der Waals surface area (Å²) in [6.07, 6.45) is 11.3. The van der Waals surface area contributed by atoms with E-state index in [0.29, 0.717) is 25.4 Å². The zero-order chi connectivity index (χ0) is 21.7. The molecule has 2 aliphatic carbocycles. The van der Waals surface area contributed by atoms with Gasteiger partial charge in [0.05, 0.1) is 6.26 Å². The molecule has 0 aromatic heterocycles. The maximum Gasteiger partial charge on any atom is 0.242 e. The van der Waals surface area contributed by atoms with Crippen LogP contribution in [0.5, 0.6) is 0 Å². The molecule has 1 heterocycles. The summed E-state index contributed by atoms with van der Waals surface area (Å²) >= 11 is 0. The predicted octanol–water partition coefficient (Wildman–Crippen LogP) is 1.11. The van der Waals surface area contributed by atoms with E-state index < -0.39 is 22.1 Å². The van der Waals surface area contributed by atoms with Crippen LogP contribution in [0.1, 0.15) is 70.6 Å². The van der Waals surface area contributed by atoms with E-state index in [4.69, 9.17) is 5.73 Å². The molecule has 3 fully saturated rings. The van der Waals surface area contributed by atoms with Crippen molar-refractivity contribution in [2.75, 3.05) is 19.3 Å². The van der Waals surface area contributed by atoms with Crippen molar-refractivity contribution in [3.8, 4) is 0 Å². The van der Waals surface area contributed by atoms with E-state index in [0.717, 1.165) is 70.5 Å². The Bertz CT molecular complexity index is 700. The van der Waals surface area contributed by atoms with Crippen LogP contribution in [0.2, 0.25) is 0 Å². The lowest BCUT2D eigenvalue weighted by atomic mass is 9.83. The molecular formula is C21H38N4O4S. The molecule has 1 aliphatic heterocycles. The number of rotatable bonds is 7. The highest BCUT2D eigenvalue weighted by Crippen LogP contribution is 2.30. The van der Waals surface area contributed by atoms with E-state index in [2.05, 4.69) is 10.0 Å². The Balaban J connectivity index is 1.62. The number of hydrogen-bond acceptors (Lipinski definition) is 5. The lowest BCUT2D eigenvalue weighted by Crippen LogP contribution is -2.56. The molecule has 3 aliphatic rings. The standard InChI is InChI=1S/C21H38N4O4S/c1-30(28,29)24-19(16-6-3-2-4-7-16)21(27)25-13-5-8-18(25)20(26)23-14-15-9-11-17(22)12-10-15/h15-19,24H,2-14,22H2,1H3,(H,23,26)/t15?,17?,18-,19+/m0/s1. The third kappa shape index (κ3) is 6.40. The van der Waals surface area contributed by atoms with Crippen LogP contribution < -0.4 is 15.8 Å². The average Bonchev–Trinajstić information content (AvgIpc) is 3.21. The van der Waals surface area contributed by atoms with Crippen molar-refractivity contribution in [1.82, 2.24) is 14.9 Å². The first kappa shape index (κ1) is 23.5. The Morgan fingerprint density at radius 2 is 1.67 bits per heavy atom. The molecule has 0 aromatic carbocycles. The molecule has 172 valence electrons. The molecule has 0 aromatic rings. The van der Waals surface area contributed by atoms with Gasteiger partial charge in [-0.1, -0.05) is 19.3 Å². The second kappa shape index (κ2) is 10.4. The van der Waals surface area contributed by atoms with Crippen molar-refractivity contribution in [1.29, 1.82) is 0 Å². The van der Waals surface area contributed by atoms with Gasteiger partial charge < -0.3 is 16.0 Å². The minimum atomic E-state index is -3.52. The van der Waals surface area contributed by atoms with Crippen LogP contribution in [0.3, 0.4) is 0 Å². The van der Waals surface area contributed by atoms with E-state index in [-0.39, 0.29) is 23.8 Å². The van der Waals surface area contributed by atoms with Gasteiger partial charge in [-0.25, -0.2) is 13.1 Å². The van der Waals surface area contributed by atoms with Gasteiger partial charge in [-0.05, 0) is 63.2 Å². The van der Waals surface area contributed by atoms with E-state index >= 15 is 0 Å². The molecule has 3 rings (SSSR count). The van der Waals surface area contributed by atoms with Crippen LogP contribution in [-0.4, -0.2) is 62.6 Å². The number of likely N-dealkylation sites (tertiary alicyclic amines) is 1. The van der Waals surface area contributed by atoms with Gasteiger partial charge in [0.15, 0.2) is 0 Å². The zero-order valence-corrected chi connectivity index (χ0v) is 19.0. The van der Waals surface area contributed by atoms with Crippen LogP contribution in [0, 0.1) is 11.8 Å². The van der Waals surface area contributed by atoms with Gasteiger partial charge in [0, 0.05) is 19.1 Å². The van der Waals surface area contributed by atoms with Crippen LogP contribution in [0.15, 0.2) is 0 Å². The number of carbonyl (C=O) groups is 2. The predicted molar refractivity (Wildman–Crippen MR) is 116 cm³/mol. The topological polar surface area (TPSA) is 122 Å². The number of nitrogens with one attached hydrogen (secondary N) is 2. The maximum absolute atomic E-state index is 13.4.